The summed E-state index contributed by atoms with van der Waals surface area (Å²) in [5.41, 5.74) is 2.80. The summed E-state index contributed by atoms with van der Waals surface area (Å²) in [6, 6.07) is 11.1. The number of anilines is 1. The van der Waals surface area contributed by atoms with Crippen molar-refractivity contribution in [3.8, 4) is 28.6 Å². The molecule has 0 unspecified atom stereocenters. The van der Waals surface area contributed by atoms with Crippen molar-refractivity contribution >= 4 is 11.9 Å². The second-order valence-corrected chi connectivity index (χ2v) is 6.18. The van der Waals surface area contributed by atoms with Gasteiger partial charge < -0.3 is 14.2 Å². The van der Waals surface area contributed by atoms with Crippen LogP contribution in [0.4, 0.5) is 5.95 Å². The molecule has 3 aromatic rings. The minimum absolute atomic E-state index is 0.139. The number of aromatic nitrogens is 3. The van der Waals surface area contributed by atoms with Crippen LogP contribution in [0.2, 0.25) is 0 Å². The van der Waals surface area contributed by atoms with Gasteiger partial charge in [-0.3, -0.25) is 15.2 Å². The van der Waals surface area contributed by atoms with Crippen molar-refractivity contribution in [1.29, 1.82) is 0 Å². The van der Waals surface area contributed by atoms with Crippen LogP contribution in [0.3, 0.4) is 0 Å². The third-order valence-electron chi connectivity index (χ3n) is 4.09. The quantitative estimate of drug-likeness (QED) is 0.651. The van der Waals surface area contributed by atoms with Crippen molar-refractivity contribution in [3.63, 3.8) is 0 Å². The number of carbonyl (C=O) groups is 1. The molecule has 0 spiro atoms. The molecule has 0 fully saturated rings. The van der Waals surface area contributed by atoms with E-state index in [0.717, 1.165) is 11.1 Å². The summed E-state index contributed by atoms with van der Waals surface area (Å²) in [6.45, 7) is 3.80. The summed E-state index contributed by atoms with van der Waals surface area (Å²) in [5, 5.41) is 9.43. The molecule has 2 N–H and O–H groups in total. The Labute approximate surface area is 162 Å². The van der Waals surface area contributed by atoms with Crippen LogP contribution in [0.25, 0.3) is 11.4 Å². The van der Waals surface area contributed by atoms with Gasteiger partial charge in [-0.25, -0.2) is 0 Å². The minimum atomic E-state index is -0.354. The van der Waals surface area contributed by atoms with Crippen LogP contribution < -0.4 is 19.5 Å². The fourth-order valence-corrected chi connectivity index (χ4v) is 2.70. The van der Waals surface area contributed by atoms with E-state index in [0.29, 0.717) is 28.6 Å². The number of hydrogen-bond donors (Lipinski definition) is 2. The lowest BCUT2D eigenvalue weighted by Crippen LogP contribution is -2.21. The highest BCUT2D eigenvalue weighted by molar-refractivity contribution is 5.90. The monoisotopic (exact) mass is 382 g/mol. The van der Waals surface area contributed by atoms with Crippen LogP contribution in [0.5, 0.6) is 17.2 Å². The highest BCUT2D eigenvalue weighted by atomic mass is 16.5. The van der Waals surface area contributed by atoms with Crippen LogP contribution >= 0.6 is 0 Å². The SMILES string of the molecule is COc1ccc(-c2nc(NC(=O)COc3ccc(C)cc3C)n[nH]2)c(OC)c1. The zero-order valence-corrected chi connectivity index (χ0v) is 16.2. The van der Waals surface area contributed by atoms with Crippen LogP contribution in [0.15, 0.2) is 36.4 Å². The van der Waals surface area contributed by atoms with Gasteiger partial charge in [0.05, 0.1) is 19.8 Å². The zero-order valence-electron chi connectivity index (χ0n) is 16.2. The largest absolute Gasteiger partial charge is 0.497 e. The van der Waals surface area contributed by atoms with Gasteiger partial charge >= 0.3 is 0 Å². The molecule has 0 bridgehead atoms. The maximum absolute atomic E-state index is 12.1. The van der Waals surface area contributed by atoms with Crippen LogP contribution in [0, 0.1) is 13.8 Å². The molecule has 0 aliphatic carbocycles. The molecule has 8 heteroatoms. The molecule has 1 heterocycles. The fourth-order valence-electron chi connectivity index (χ4n) is 2.70. The fraction of sp³-hybridized carbons (Fsp3) is 0.250. The normalized spacial score (nSPS) is 10.4. The third kappa shape index (κ3) is 4.40. The Morgan fingerprint density at radius 1 is 1.07 bits per heavy atom. The van der Waals surface area contributed by atoms with Crippen molar-refractivity contribution in [2.75, 3.05) is 26.1 Å². The first-order valence-electron chi connectivity index (χ1n) is 8.65. The van der Waals surface area contributed by atoms with Crippen LogP contribution in [-0.2, 0) is 4.79 Å². The number of rotatable bonds is 7. The average molecular weight is 382 g/mol. The highest BCUT2D eigenvalue weighted by Crippen LogP contribution is 2.31. The second-order valence-electron chi connectivity index (χ2n) is 6.18. The number of ether oxygens (including phenoxy) is 3. The lowest BCUT2D eigenvalue weighted by atomic mass is 10.1. The van der Waals surface area contributed by atoms with Gasteiger partial charge in [-0.05, 0) is 37.6 Å². The van der Waals surface area contributed by atoms with E-state index in [1.807, 2.05) is 32.0 Å². The van der Waals surface area contributed by atoms with E-state index in [-0.39, 0.29) is 18.5 Å². The van der Waals surface area contributed by atoms with E-state index >= 15 is 0 Å². The first-order chi connectivity index (χ1) is 13.5. The van der Waals surface area contributed by atoms with Crippen molar-refractivity contribution in [1.82, 2.24) is 15.2 Å². The van der Waals surface area contributed by atoms with E-state index in [9.17, 15) is 4.79 Å². The lowest BCUT2D eigenvalue weighted by molar-refractivity contribution is -0.118. The molecule has 3 rings (SSSR count). The summed E-state index contributed by atoms with van der Waals surface area (Å²) in [6.07, 6.45) is 0. The molecule has 146 valence electrons. The highest BCUT2D eigenvalue weighted by Gasteiger charge is 2.14. The molecule has 0 radical (unpaired) electrons. The van der Waals surface area contributed by atoms with Gasteiger partial charge in [0.15, 0.2) is 12.4 Å². The molecular formula is C20H22N4O4. The average Bonchev–Trinajstić information content (AvgIpc) is 3.14. The number of amides is 1. The molecule has 1 aromatic heterocycles. The second kappa shape index (κ2) is 8.43. The van der Waals surface area contributed by atoms with Gasteiger partial charge in [0.2, 0.25) is 5.95 Å². The number of nitrogens with one attached hydrogen (secondary N) is 2. The Morgan fingerprint density at radius 3 is 2.61 bits per heavy atom. The maximum atomic E-state index is 12.1. The van der Waals surface area contributed by atoms with Crippen molar-refractivity contribution < 1.29 is 19.0 Å². The summed E-state index contributed by atoms with van der Waals surface area (Å²) >= 11 is 0. The minimum Gasteiger partial charge on any atom is -0.497 e. The standard InChI is InChI=1S/C20H22N4O4/c1-12-5-8-16(13(2)9-12)28-11-18(25)21-20-22-19(23-24-20)15-7-6-14(26-3)10-17(15)27-4/h5-10H,11H2,1-4H3,(H2,21,22,23,24,25). The Bertz CT molecular complexity index is 984. The summed E-state index contributed by atoms with van der Waals surface area (Å²) < 4.78 is 16.1. The lowest BCUT2D eigenvalue weighted by Gasteiger charge is -2.09. The Hall–Kier alpha value is -3.55. The number of H-pyrrole nitrogens is 1. The Balaban J connectivity index is 1.65. The van der Waals surface area contributed by atoms with E-state index in [1.165, 1.54) is 0 Å². The number of carbonyl (C=O) groups excluding carboxylic acids is 1. The first-order valence-corrected chi connectivity index (χ1v) is 8.65. The zero-order chi connectivity index (χ0) is 20.1. The van der Waals surface area contributed by atoms with E-state index in [2.05, 4.69) is 20.5 Å². The first kappa shape index (κ1) is 19.2. The smallest absolute Gasteiger partial charge is 0.264 e. The number of aromatic amines is 1. The predicted molar refractivity (Wildman–Crippen MR) is 105 cm³/mol. The predicted octanol–water partition coefficient (Wildman–Crippen LogP) is 3.12. The van der Waals surface area contributed by atoms with Gasteiger partial charge in [0.25, 0.3) is 5.91 Å². The Kier molecular flexibility index (Phi) is 5.78. The third-order valence-corrected chi connectivity index (χ3v) is 4.09. The Morgan fingerprint density at radius 2 is 1.89 bits per heavy atom. The van der Waals surface area contributed by atoms with E-state index in [1.54, 1.807) is 32.4 Å². The number of hydrogen-bond acceptors (Lipinski definition) is 6. The molecule has 1 amide bonds. The molecular weight excluding hydrogens is 360 g/mol. The summed E-state index contributed by atoms with van der Waals surface area (Å²) in [7, 11) is 3.14. The molecule has 0 aliphatic heterocycles. The van der Waals surface area contributed by atoms with Gasteiger partial charge in [-0.2, -0.15) is 4.98 Å². The molecule has 0 atom stereocenters. The molecule has 0 saturated heterocycles. The van der Waals surface area contributed by atoms with Crippen molar-refractivity contribution in [2.24, 2.45) is 0 Å². The number of methoxy groups -OCH3 is 2. The van der Waals surface area contributed by atoms with Crippen molar-refractivity contribution in [3.05, 3.63) is 47.5 Å². The van der Waals surface area contributed by atoms with Gasteiger partial charge in [-0.1, -0.05) is 17.7 Å². The van der Waals surface area contributed by atoms with Crippen LogP contribution in [-0.4, -0.2) is 41.9 Å². The molecule has 0 saturated carbocycles. The molecule has 8 nitrogen and oxygen atoms in total. The van der Waals surface area contributed by atoms with Crippen LogP contribution in [0.1, 0.15) is 11.1 Å². The summed E-state index contributed by atoms with van der Waals surface area (Å²) in [5.74, 6) is 2.17. The molecule has 2 aromatic carbocycles. The maximum Gasteiger partial charge on any atom is 0.264 e. The number of nitrogens with zero attached hydrogens (tertiary/aromatic N) is 2. The van der Waals surface area contributed by atoms with Gasteiger partial charge in [-0.15, -0.1) is 5.10 Å². The number of aryl methyl sites for hydroxylation is 2. The van der Waals surface area contributed by atoms with Gasteiger partial charge in [0, 0.05) is 6.07 Å². The summed E-state index contributed by atoms with van der Waals surface area (Å²) in [4.78, 5) is 16.4. The molecule has 0 aliphatic rings. The number of benzene rings is 2. The topological polar surface area (TPSA) is 98.4 Å². The van der Waals surface area contributed by atoms with Gasteiger partial charge in [0.1, 0.15) is 17.2 Å². The van der Waals surface area contributed by atoms with Crippen molar-refractivity contribution in [2.45, 2.75) is 13.8 Å². The van der Waals surface area contributed by atoms with E-state index in [4.69, 9.17) is 14.2 Å². The molecule has 28 heavy (non-hydrogen) atoms. The van der Waals surface area contributed by atoms with E-state index < -0.39 is 0 Å².